The number of piperidine rings is 2. The third-order valence-corrected chi connectivity index (χ3v) is 11.5. The molecule has 4 atom stereocenters. The molecule has 4 rings (SSSR count). The van der Waals surface area contributed by atoms with Crippen molar-refractivity contribution in [2.24, 2.45) is 11.8 Å². The molecule has 4 unspecified atom stereocenters. The Hall–Kier alpha value is -4.08. The molecule has 1 N–H and O–H groups in total. The van der Waals surface area contributed by atoms with Gasteiger partial charge >= 0.3 is 24.1 Å². The Morgan fingerprint density at radius 2 is 0.860 bits per heavy atom. The van der Waals surface area contributed by atoms with E-state index in [1.54, 1.807) is 9.80 Å². The number of carbonyl (C=O) groups is 4. The van der Waals surface area contributed by atoms with Crippen molar-refractivity contribution in [1.82, 2.24) is 9.80 Å². The number of carbonyl (C=O) groups excluding carboxylic acids is 3. The molecule has 2 aromatic carbocycles. The summed E-state index contributed by atoms with van der Waals surface area (Å²) in [6.07, 6.45) is 2.73. The van der Waals surface area contributed by atoms with Crippen LogP contribution in [-0.2, 0) is 58.3 Å². The minimum atomic E-state index is -0.784. The van der Waals surface area contributed by atoms with Crippen LogP contribution in [0.25, 0.3) is 0 Å². The summed E-state index contributed by atoms with van der Waals surface area (Å²) in [4.78, 5) is 51.7. The number of hydrogen-bond acceptors (Lipinski definition) is 7. The number of ether oxygens (including phenoxy) is 3. The first-order valence-corrected chi connectivity index (χ1v) is 20.5. The van der Waals surface area contributed by atoms with Crippen molar-refractivity contribution in [3.05, 3.63) is 69.8 Å². The van der Waals surface area contributed by atoms with E-state index in [1.807, 2.05) is 0 Å². The maximum atomic E-state index is 12.4. The van der Waals surface area contributed by atoms with Crippen LogP contribution in [0.2, 0.25) is 0 Å². The van der Waals surface area contributed by atoms with Gasteiger partial charge in [-0.05, 0) is 93.6 Å². The molecule has 57 heavy (non-hydrogen) atoms. The largest absolute Gasteiger partial charge is 0.481 e. The van der Waals surface area contributed by atoms with Crippen molar-refractivity contribution in [3.8, 4) is 0 Å². The highest BCUT2D eigenvalue weighted by Crippen LogP contribution is 2.35. The zero-order chi connectivity index (χ0) is 43.3. The molecule has 2 fully saturated rings. The first-order chi connectivity index (χ1) is 26.2. The summed E-state index contributed by atoms with van der Waals surface area (Å²) >= 11 is 0. The Morgan fingerprint density at radius 3 is 1.14 bits per heavy atom. The van der Waals surface area contributed by atoms with Gasteiger partial charge in [-0.3, -0.25) is 9.59 Å². The van der Waals surface area contributed by atoms with Crippen molar-refractivity contribution in [3.63, 3.8) is 0 Å². The normalized spacial score (nSPS) is 20.5. The lowest BCUT2D eigenvalue weighted by Gasteiger charge is -2.38. The number of hydrogen-bond donors (Lipinski definition) is 1. The monoisotopic (exact) mass is 793 g/mol. The number of methoxy groups -OCH3 is 3. The van der Waals surface area contributed by atoms with Gasteiger partial charge in [0, 0.05) is 25.2 Å². The van der Waals surface area contributed by atoms with E-state index in [0.717, 1.165) is 5.56 Å². The maximum absolute atomic E-state index is 12.4. The van der Waals surface area contributed by atoms with E-state index >= 15 is 0 Å². The molecule has 2 amide bonds. The van der Waals surface area contributed by atoms with Gasteiger partial charge in [-0.2, -0.15) is 0 Å². The number of nitrogens with zero attached hydrogens (tertiary/aromatic N) is 2. The highest BCUT2D eigenvalue weighted by atomic mass is 16.5. The molecule has 0 aliphatic carbocycles. The predicted octanol–water partition coefficient (Wildman–Crippen LogP) is 9.60. The minimum absolute atomic E-state index is 0.00815. The second-order valence-electron chi connectivity index (χ2n) is 20.2. The Balaban J connectivity index is 0.000000306. The Bertz CT molecular complexity index is 1660. The number of likely N-dealkylation sites (tertiary alicyclic amines) is 2. The van der Waals surface area contributed by atoms with Crippen LogP contribution < -0.4 is 0 Å². The van der Waals surface area contributed by atoms with Gasteiger partial charge in [-0.25, -0.2) is 9.59 Å². The number of benzene rings is 2. The highest BCUT2D eigenvalue weighted by molar-refractivity contribution is 5.74. The lowest BCUT2D eigenvalue weighted by atomic mass is 9.78. The van der Waals surface area contributed by atoms with Gasteiger partial charge in [-0.1, -0.05) is 119 Å². The summed E-state index contributed by atoms with van der Waals surface area (Å²) in [5.74, 6) is -1.58. The van der Waals surface area contributed by atoms with Crippen LogP contribution in [0.15, 0.2) is 36.4 Å². The van der Waals surface area contributed by atoms with Gasteiger partial charge in [0.15, 0.2) is 0 Å². The molecule has 0 bridgehead atoms. The van der Waals surface area contributed by atoms with Crippen LogP contribution >= 0.6 is 0 Å². The van der Waals surface area contributed by atoms with Gasteiger partial charge in [0.1, 0.15) is 0 Å². The Kier molecular flexibility index (Phi) is 15.5. The van der Waals surface area contributed by atoms with Crippen LogP contribution in [0.4, 0.5) is 9.59 Å². The third-order valence-electron chi connectivity index (χ3n) is 11.5. The fourth-order valence-electron chi connectivity index (χ4n) is 7.71. The molecule has 2 aliphatic heterocycles. The summed E-state index contributed by atoms with van der Waals surface area (Å²) in [6.45, 7) is 27.4. The summed E-state index contributed by atoms with van der Waals surface area (Å²) in [6, 6.07) is 13.2. The smallest absolute Gasteiger partial charge is 0.409 e. The molecule has 10 nitrogen and oxygen atoms in total. The number of carboxylic acids is 1. The minimum Gasteiger partial charge on any atom is -0.481 e. The zero-order valence-corrected chi connectivity index (χ0v) is 37.6. The highest BCUT2D eigenvalue weighted by Gasteiger charge is 2.37. The van der Waals surface area contributed by atoms with E-state index in [1.165, 1.54) is 49.1 Å². The summed E-state index contributed by atoms with van der Waals surface area (Å²) in [5, 5.41) is 9.47. The van der Waals surface area contributed by atoms with Crippen LogP contribution in [0.5, 0.6) is 0 Å². The number of rotatable bonds is 6. The number of esters is 1. The molecule has 2 aliphatic rings. The lowest BCUT2D eigenvalue weighted by molar-refractivity contribution is -0.147. The van der Waals surface area contributed by atoms with Gasteiger partial charge in [-0.15, -0.1) is 0 Å². The second-order valence-corrected chi connectivity index (χ2v) is 20.2. The average molecular weight is 793 g/mol. The van der Waals surface area contributed by atoms with E-state index in [0.29, 0.717) is 51.6 Å². The molecule has 2 aromatic rings. The van der Waals surface area contributed by atoms with Crippen LogP contribution in [0.1, 0.15) is 142 Å². The Morgan fingerprint density at radius 1 is 0.544 bits per heavy atom. The average Bonchev–Trinajstić information content (AvgIpc) is 3.12. The van der Waals surface area contributed by atoms with E-state index in [2.05, 4.69) is 119 Å². The molecule has 318 valence electrons. The zero-order valence-electron chi connectivity index (χ0n) is 37.6. The van der Waals surface area contributed by atoms with E-state index in [4.69, 9.17) is 14.2 Å². The van der Waals surface area contributed by atoms with Crippen molar-refractivity contribution < 1.29 is 38.5 Å². The third kappa shape index (κ3) is 13.0. The topological polar surface area (TPSA) is 123 Å². The number of amides is 2. The molecule has 0 saturated carbocycles. The van der Waals surface area contributed by atoms with Crippen molar-refractivity contribution >= 4 is 24.1 Å². The molecule has 2 saturated heterocycles. The van der Waals surface area contributed by atoms with Crippen molar-refractivity contribution in [2.45, 2.75) is 155 Å². The number of carboxylic acid groups (broad SMARTS) is 1. The molecular weight excluding hydrogens is 721 g/mol. The molecule has 10 heteroatoms. The fourth-order valence-corrected chi connectivity index (χ4v) is 7.71. The fraction of sp³-hybridized carbons (Fsp3) is 0.660. The maximum Gasteiger partial charge on any atom is 0.409 e. The molecule has 0 spiro atoms. The van der Waals surface area contributed by atoms with Crippen LogP contribution in [0, 0.1) is 11.8 Å². The number of aliphatic carboxylic acids is 1. The van der Waals surface area contributed by atoms with Crippen molar-refractivity contribution in [1.29, 1.82) is 0 Å². The SMILES string of the molecule is COC(=O)C1CCN(C(=O)OC)C(Cc2cc(C(C)(C)C)cc(C(C)(C)C)c2)C1.COC(=O)N1CCC(C(=O)O)CC1Cc1cc(C(C)(C)C)cc(C(C)(C)C)c1. The summed E-state index contributed by atoms with van der Waals surface area (Å²) in [5.41, 5.74) is 7.47. The van der Waals surface area contributed by atoms with Gasteiger partial charge in [0.05, 0.1) is 33.2 Å². The molecule has 2 heterocycles. The Labute approximate surface area is 343 Å². The molecular formula is C47H72N2O8. The van der Waals surface area contributed by atoms with Gasteiger partial charge in [0.2, 0.25) is 0 Å². The standard InChI is InChI=1S/C24H37NO4.C23H35NO4/c1-23(2,3)18-11-16(12-19(15-18)24(4,5)6)13-20-14-17(21(26)28-7)9-10-25(20)22(27)29-8;1-22(2,3)17-10-15(11-18(14-17)23(4,5)6)12-19-13-16(20(25)26)8-9-24(19)21(27)28-7/h11-12,15,17,20H,9-10,13-14H2,1-8H3;10-11,14,16,19H,8-9,12-13H2,1-7H3,(H,25,26). The first kappa shape index (κ1) is 47.3. The van der Waals surface area contributed by atoms with E-state index in [9.17, 15) is 24.3 Å². The molecule has 0 radical (unpaired) electrons. The van der Waals surface area contributed by atoms with Gasteiger partial charge < -0.3 is 29.1 Å². The van der Waals surface area contributed by atoms with Gasteiger partial charge in [0.25, 0.3) is 0 Å². The predicted molar refractivity (Wildman–Crippen MR) is 226 cm³/mol. The first-order valence-electron chi connectivity index (χ1n) is 20.5. The summed E-state index contributed by atoms with van der Waals surface area (Å²) in [7, 11) is 4.21. The summed E-state index contributed by atoms with van der Waals surface area (Å²) < 4.78 is 14.9. The quantitative estimate of drug-likeness (QED) is 0.227. The van der Waals surface area contributed by atoms with Crippen LogP contribution in [0.3, 0.4) is 0 Å². The lowest BCUT2D eigenvalue weighted by Crippen LogP contribution is -2.48. The van der Waals surface area contributed by atoms with Crippen LogP contribution in [-0.4, -0.2) is 85.5 Å². The van der Waals surface area contributed by atoms with E-state index in [-0.39, 0.29) is 57.8 Å². The van der Waals surface area contributed by atoms with Crippen molar-refractivity contribution in [2.75, 3.05) is 34.4 Å². The second kappa shape index (κ2) is 18.7. The molecule has 0 aromatic heterocycles. The van der Waals surface area contributed by atoms with E-state index < -0.39 is 11.9 Å².